The molecule has 0 aliphatic carbocycles. The first kappa shape index (κ1) is 22.5. The highest BCUT2D eigenvalue weighted by atomic mass is 16.5. The van der Waals surface area contributed by atoms with Crippen LogP contribution in [0.25, 0.3) is 11.3 Å². The Balaban J connectivity index is 1.59. The summed E-state index contributed by atoms with van der Waals surface area (Å²) in [6.07, 6.45) is 3.72. The Morgan fingerprint density at radius 1 is 1.06 bits per heavy atom. The van der Waals surface area contributed by atoms with Gasteiger partial charge in [-0.3, -0.25) is 4.79 Å². The third kappa shape index (κ3) is 5.93. The summed E-state index contributed by atoms with van der Waals surface area (Å²) in [7, 11) is 0. The average molecular weight is 424 g/mol. The molecule has 164 valence electrons. The predicted molar refractivity (Wildman–Crippen MR) is 119 cm³/mol. The number of aliphatic hydroxyl groups excluding tert-OH is 2. The second kappa shape index (κ2) is 10.2. The van der Waals surface area contributed by atoms with Crippen LogP contribution in [0.1, 0.15) is 31.7 Å². The molecule has 1 aromatic heterocycles. The molecule has 7 nitrogen and oxygen atoms in total. The molecule has 0 saturated carbocycles. The number of benzene rings is 2. The number of carbonyl (C=O) groups is 1. The van der Waals surface area contributed by atoms with Crippen LogP contribution in [0.4, 0.5) is 0 Å². The highest BCUT2D eigenvalue weighted by molar-refractivity contribution is 5.73. The number of hydrogen-bond acceptors (Lipinski definition) is 5. The van der Waals surface area contributed by atoms with E-state index in [2.05, 4.69) is 22.2 Å². The van der Waals surface area contributed by atoms with Gasteiger partial charge in [-0.2, -0.15) is 0 Å². The number of rotatable bonds is 10. The number of aromatic nitrogens is 2. The average Bonchev–Trinajstić information content (AvgIpc) is 3.27. The summed E-state index contributed by atoms with van der Waals surface area (Å²) in [4.78, 5) is 19.0. The smallest absolute Gasteiger partial charge is 0.217 e. The van der Waals surface area contributed by atoms with Gasteiger partial charge in [-0.25, -0.2) is 4.98 Å². The van der Waals surface area contributed by atoms with Crippen LogP contribution in [0.2, 0.25) is 0 Å². The van der Waals surface area contributed by atoms with Crippen LogP contribution in [0.3, 0.4) is 0 Å². The minimum absolute atomic E-state index is 0.281. The second-order valence-electron chi connectivity index (χ2n) is 7.65. The SMILES string of the molecule is CCc1ncc(-c2ccc(Oc3ccc(CCC(CO)(CO)NC(C)=O)cc3)cc2)[nH]1. The summed E-state index contributed by atoms with van der Waals surface area (Å²) < 4.78 is 5.93. The number of amides is 1. The molecule has 1 heterocycles. The van der Waals surface area contributed by atoms with Gasteiger partial charge >= 0.3 is 0 Å². The minimum atomic E-state index is -1.02. The Kier molecular flexibility index (Phi) is 7.44. The first-order valence-electron chi connectivity index (χ1n) is 10.4. The molecule has 7 heteroatoms. The van der Waals surface area contributed by atoms with Crippen molar-refractivity contribution in [1.82, 2.24) is 15.3 Å². The standard InChI is InChI=1S/C24H29N3O4/c1-3-23-25-14-22(26-23)19-6-10-21(11-7-19)31-20-8-4-18(5-9-20)12-13-24(15-28,16-29)27-17(2)30/h4-11,14,28-29H,3,12-13,15-16H2,1-2H3,(H,25,26)(H,27,30). The summed E-state index contributed by atoms with van der Waals surface area (Å²) in [6.45, 7) is 2.79. The molecule has 0 spiro atoms. The van der Waals surface area contributed by atoms with E-state index < -0.39 is 5.54 Å². The van der Waals surface area contributed by atoms with Crippen molar-refractivity contribution in [2.24, 2.45) is 0 Å². The number of nitrogens with one attached hydrogen (secondary N) is 2. The van der Waals surface area contributed by atoms with Crippen LogP contribution in [-0.2, 0) is 17.6 Å². The van der Waals surface area contributed by atoms with Crippen molar-refractivity contribution < 1.29 is 19.7 Å². The summed E-state index contributed by atoms with van der Waals surface area (Å²) >= 11 is 0. The maximum Gasteiger partial charge on any atom is 0.217 e. The molecule has 0 aliphatic heterocycles. The van der Waals surface area contributed by atoms with Crippen LogP contribution in [0.15, 0.2) is 54.7 Å². The molecule has 0 radical (unpaired) electrons. The summed E-state index contributed by atoms with van der Waals surface area (Å²) in [6, 6.07) is 15.4. The van der Waals surface area contributed by atoms with E-state index in [0.717, 1.165) is 34.8 Å². The fourth-order valence-corrected chi connectivity index (χ4v) is 3.36. The molecule has 0 bridgehead atoms. The molecule has 3 rings (SSSR count). The van der Waals surface area contributed by atoms with E-state index in [0.29, 0.717) is 18.6 Å². The summed E-state index contributed by atoms with van der Waals surface area (Å²) in [5, 5.41) is 21.9. The number of imidazole rings is 1. The van der Waals surface area contributed by atoms with Crippen LogP contribution in [0, 0.1) is 0 Å². The molecular formula is C24H29N3O4. The van der Waals surface area contributed by atoms with Crippen LogP contribution < -0.4 is 10.1 Å². The van der Waals surface area contributed by atoms with Crippen LogP contribution in [-0.4, -0.2) is 44.8 Å². The Morgan fingerprint density at radius 2 is 1.68 bits per heavy atom. The van der Waals surface area contributed by atoms with Crippen molar-refractivity contribution in [3.63, 3.8) is 0 Å². The van der Waals surface area contributed by atoms with Gasteiger partial charge in [-0.1, -0.05) is 19.1 Å². The van der Waals surface area contributed by atoms with Gasteiger partial charge in [0.2, 0.25) is 5.91 Å². The fraction of sp³-hybridized carbons (Fsp3) is 0.333. The molecule has 4 N–H and O–H groups in total. The zero-order valence-electron chi connectivity index (χ0n) is 17.9. The quantitative estimate of drug-likeness (QED) is 0.401. The lowest BCUT2D eigenvalue weighted by atomic mass is 9.92. The lowest BCUT2D eigenvalue weighted by Crippen LogP contribution is -2.53. The second-order valence-corrected chi connectivity index (χ2v) is 7.65. The van der Waals surface area contributed by atoms with Crippen molar-refractivity contribution in [3.05, 3.63) is 66.1 Å². The molecule has 0 saturated heterocycles. The van der Waals surface area contributed by atoms with Crippen molar-refractivity contribution in [2.75, 3.05) is 13.2 Å². The molecule has 3 aromatic rings. The number of nitrogens with zero attached hydrogens (tertiary/aromatic N) is 1. The Hall–Kier alpha value is -3.16. The number of aliphatic hydroxyl groups is 2. The maximum atomic E-state index is 11.4. The normalized spacial score (nSPS) is 11.4. The van der Waals surface area contributed by atoms with Gasteiger partial charge in [0, 0.05) is 13.3 Å². The third-order valence-corrected chi connectivity index (χ3v) is 5.23. The van der Waals surface area contributed by atoms with Gasteiger partial charge in [-0.15, -0.1) is 0 Å². The van der Waals surface area contributed by atoms with Crippen molar-refractivity contribution in [3.8, 4) is 22.8 Å². The number of carbonyl (C=O) groups excluding carboxylic acids is 1. The van der Waals surface area contributed by atoms with Crippen molar-refractivity contribution >= 4 is 5.91 Å². The van der Waals surface area contributed by atoms with E-state index in [1.807, 2.05) is 54.7 Å². The largest absolute Gasteiger partial charge is 0.457 e. The van der Waals surface area contributed by atoms with E-state index in [1.165, 1.54) is 6.92 Å². The van der Waals surface area contributed by atoms with Gasteiger partial charge in [0.25, 0.3) is 0 Å². The Labute approximate surface area is 182 Å². The lowest BCUT2D eigenvalue weighted by Gasteiger charge is -2.30. The van der Waals surface area contributed by atoms with E-state index in [1.54, 1.807) is 0 Å². The van der Waals surface area contributed by atoms with Crippen molar-refractivity contribution in [2.45, 2.75) is 38.6 Å². The number of ether oxygens (including phenoxy) is 1. The number of aromatic amines is 1. The highest BCUT2D eigenvalue weighted by Crippen LogP contribution is 2.26. The van der Waals surface area contributed by atoms with Crippen LogP contribution in [0.5, 0.6) is 11.5 Å². The topological polar surface area (TPSA) is 107 Å². The molecule has 0 fully saturated rings. The fourth-order valence-electron chi connectivity index (χ4n) is 3.36. The number of aryl methyl sites for hydroxylation is 2. The first-order chi connectivity index (χ1) is 15.0. The maximum absolute atomic E-state index is 11.4. The van der Waals surface area contributed by atoms with Gasteiger partial charge in [-0.05, 0) is 60.4 Å². The van der Waals surface area contributed by atoms with E-state index >= 15 is 0 Å². The van der Waals surface area contributed by atoms with E-state index in [-0.39, 0.29) is 19.1 Å². The summed E-state index contributed by atoms with van der Waals surface area (Å²) in [5.41, 5.74) is 2.03. The minimum Gasteiger partial charge on any atom is -0.457 e. The molecule has 31 heavy (non-hydrogen) atoms. The zero-order chi connectivity index (χ0) is 22.3. The Morgan fingerprint density at radius 3 is 2.19 bits per heavy atom. The number of hydrogen-bond donors (Lipinski definition) is 4. The third-order valence-electron chi connectivity index (χ3n) is 5.23. The van der Waals surface area contributed by atoms with E-state index in [4.69, 9.17) is 4.74 Å². The lowest BCUT2D eigenvalue weighted by molar-refractivity contribution is -0.122. The summed E-state index contributed by atoms with van der Waals surface area (Å²) in [5.74, 6) is 2.12. The van der Waals surface area contributed by atoms with Gasteiger partial charge in [0.05, 0.1) is 30.6 Å². The molecule has 2 aromatic carbocycles. The molecule has 0 atom stereocenters. The van der Waals surface area contributed by atoms with Gasteiger partial charge in [0.1, 0.15) is 17.3 Å². The monoisotopic (exact) mass is 423 g/mol. The highest BCUT2D eigenvalue weighted by Gasteiger charge is 2.29. The van der Waals surface area contributed by atoms with Gasteiger partial charge in [0.15, 0.2) is 0 Å². The predicted octanol–water partition coefficient (Wildman–Crippen LogP) is 3.22. The van der Waals surface area contributed by atoms with Gasteiger partial charge < -0.3 is 25.3 Å². The zero-order valence-corrected chi connectivity index (χ0v) is 17.9. The van der Waals surface area contributed by atoms with Crippen molar-refractivity contribution in [1.29, 1.82) is 0 Å². The number of H-pyrrole nitrogens is 1. The molecule has 1 amide bonds. The molecule has 0 unspecified atom stereocenters. The van der Waals surface area contributed by atoms with E-state index in [9.17, 15) is 15.0 Å². The first-order valence-corrected chi connectivity index (χ1v) is 10.4. The molecular weight excluding hydrogens is 394 g/mol. The Bertz CT molecular complexity index is 977. The van der Waals surface area contributed by atoms with Crippen LogP contribution >= 0.6 is 0 Å². The molecule has 0 aliphatic rings.